The first-order valence-electron chi connectivity index (χ1n) is 12.6. The van der Waals surface area contributed by atoms with Gasteiger partial charge in [-0.1, -0.05) is 42.5 Å². The molecule has 0 saturated heterocycles. The first kappa shape index (κ1) is 22.8. The van der Waals surface area contributed by atoms with Gasteiger partial charge in [0.1, 0.15) is 29.8 Å². The van der Waals surface area contributed by atoms with Crippen LogP contribution in [-0.4, -0.2) is 35.4 Å². The fraction of sp³-hybridized carbons (Fsp3) is 0.103. The van der Waals surface area contributed by atoms with Crippen LogP contribution in [-0.2, 0) is 6.54 Å². The highest BCUT2D eigenvalue weighted by Gasteiger charge is 2.25. The number of pyridine rings is 1. The number of allylic oxidation sites excluding steroid dienone is 2. The average Bonchev–Trinajstić information content (AvgIpc) is 3.49. The molecule has 0 amide bonds. The molecule has 1 atom stereocenters. The van der Waals surface area contributed by atoms with Gasteiger partial charge in [0.25, 0.3) is 5.56 Å². The van der Waals surface area contributed by atoms with Crippen molar-refractivity contribution in [3.8, 4) is 5.69 Å². The van der Waals surface area contributed by atoms with E-state index < -0.39 is 0 Å². The van der Waals surface area contributed by atoms with Crippen molar-refractivity contribution >= 4 is 33.2 Å². The molecule has 0 radical (unpaired) electrons. The number of nitrogens with one attached hydrogen (secondary N) is 1. The van der Waals surface area contributed by atoms with E-state index in [0.717, 1.165) is 27.9 Å². The van der Waals surface area contributed by atoms with Gasteiger partial charge in [-0.3, -0.25) is 9.36 Å². The predicted octanol–water partition coefficient (Wildman–Crippen LogP) is 2.97. The van der Waals surface area contributed by atoms with Gasteiger partial charge in [0.15, 0.2) is 5.65 Å². The number of hydrogen-bond acceptors (Lipinski definition) is 8. The second-order valence-electron chi connectivity index (χ2n) is 9.68. The van der Waals surface area contributed by atoms with Crippen molar-refractivity contribution in [2.24, 2.45) is 5.73 Å². The van der Waals surface area contributed by atoms with Gasteiger partial charge in [0.05, 0.1) is 17.3 Å². The van der Waals surface area contributed by atoms with Crippen LogP contribution in [0, 0.1) is 6.92 Å². The van der Waals surface area contributed by atoms with Crippen LogP contribution in [0.1, 0.15) is 17.0 Å². The number of fused-ring (bicyclic) bond motifs is 3. The lowest BCUT2D eigenvalue weighted by molar-refractivity contribution is 0.425. The summed E-state index contributed by atoms with van der Waals surface area (Å²) < 4.78 is 3.53. The monoisotopic (exact) mass is 515 g/mol. The first-order valence-corrected chi connectivity index (χ1v) is 12.6. The minimum absolute atomic E-state index is 0.0444. The average molecular weight is 516 g/mol. The molecule has 0 fully saturated rings. The van der Waals surface area contributed by atoms with Crippen molar-refractivity contribution in [1.82, 2.24) is 34.5 Å². The Morgan fingerprint density at radius 1 is 1.00 bits per heavy atom. The van der Waals surface area contributed by atoms with Gasteiger partial charge in [0, 0.05) is 29.4 Å². The molecule has 0 saturated carbocycles. The van der Waals surface area contributed by atoms with Gasteiger partial charge in [0.2, 0.25) is 0 Å². The number of nitrogens with two attached hydrogens (primary N) is 2. The molecule has 5 aromatic rings. The number of nitrogens with zero attached hydrogens (tertiary/aromatic N) is 6. The summed E-state index contributed by atoms with van der Waals surface area (Å²) in [4.78, 5) is 24.7. The van der Waals surface area contributed by atoms with Gasteiger partial charge < -0.3 is 21.7 Å². The molecule has 0 spiro atoms. The third kappa shape index (κ3) is 3.64. The van der Waals surface area contributed by atoms with Crippen molar-refractivity contribution in [2.45, 2.75) is 19.6 Å². The second-order valence-corrected chi connectivity index (χ2v) is 9.68. The van der Waals surface area contributed by atoms with Crippen molar-refractivity contribution in [1.29, 1.82) is 0 Å². The maximum absolute atomic E-state index is 13.9. The number of nitrogen functional groups attached to an aromatic ring is 1. The summed E-state index contributed by atoms with van der Waals surface area (Å²) in [5.74, 6) is 0.924. The molecular weight excluding hydrogens is 490 g/mol. The van der Waals surface area contributed by atoms with Crippen LogP contribution < -0.4 is 22.3 Å². The molecule has 2 aromatic carbocycles. The molecule has 2 aliphatic heterocycles. The Balaban J connectivity index is 1.42. The highest BCUT2D eigenvalue weighted by Crippen LogP contribution is 2.32. The Kier molecular flexibility index (Phi) is 5.02. The third-order valence-corrected chi connectivity index (χ3v) is 7.16. The summed E-state index contributed by atoms with van der Waals surface area (Å²) >= 11 is 0. The van der Waals surface area contributed by atoms with E-state index in [1.54, 1.807) is 9.25 Å². The van der Waals surface area contributed by atoms with E-state index in [4.69, 9.17) is 16.6 Å². The summed E-state index contributed by atoms with van der Waals surface area (Å²) in [7, 11) is 0. The number of aromatic nitrogens is 5. The summed E-state index contributed by atoms with van der Waals surface area (Å²) in [5, 5.41) is 10.4. The van der Waals surface area contributed by atoms with E-state index in [9.17, 15) is 4.79 Å². The lowest BCUT2D eigenvalue weighted by atomic mass is 10.1. The smallest absolute Gasteiger partial charge is 0.263 e. The summed E-state index contributed by atoms with van der Waals surface area (Å²) in [6.45, 7) is 2.25. The Morgan fingerprint density at radius 2 is 1.85 bits per heavy atom. The van der Waals surface area contributed by atoms with Gasteiger partial charge in [-0.25, -0.2) is 14.6 Å². The normalized spacial score (nSPS) is 16.3. The maximum atomic E-state index is 13.9. The van der Waals surface area contributed by atoms with Gasteiger partial charge in [-0.2, -0.15) is 5.10 Å². The Hall–Kier alpha value is -5.38. The Bertz CT molecular complexity index is 1930. The van der Waals surface area contributed by atoms with E-state index in [2.05, 4.69) is 15.3 Å². The number of anilines is 1. The number of para-hydroxylation sites is 1. The zero-order valence-corrected chi connectivity index (χ0v) is 21.1. The molecule has 0 aliphatic carbocycles. The maximum Gasteiger partial charge on any atom is 0.263 e. The van der Waals surface area contributed by atoms with Crippen molar-refractivity contribution in [3.05, 3.63) is 119 Å². The van der Waals surface area contributed by atoms with E-state index in [-0.39, 0.29) is 11.7 Å². The fourth-order valence-corrected chi connectivity index (χ4v) is 5.39. The molecule has 0 bridgehead atoms. The topological polar surface area (TPSA) is 133 Å². The molecule has 10 nitrogen and oxygen atoms in total. The zero-order chi connectivity index (χ0) is 26.7. The van der Waals surface area contributed by atoms with Crippen LogP contribution in [0.2, 0.25) is 0 Å². The molecule has 1 unspecified atom stereocenters. The third-order valence-electron chi connectivity index (χ3n) is 7.16. The van der Waals surface area contributed by atoms with E-state index in [1.807, 2.05) is 91.0 Å². The van der Waals surface area contributed by atoms with Crippen LogP contribution in [0.25, 0.3) is 33.1 Å². The Labute approximate surface area is 223 Å². The molecule has 3 aromatic heterocycles. The summed E-state index contributed by atoms with van der Waals surface area (Å²) in [5.41, 5.74) is 16.8. The van der Waals surface area contributed by atoms with Crippen molar-refractivity contribution < 1.29 is 0 Å². The largest absolute Gasteiger partial charge is 0.384 e. The van der Waals surface area contributed by atoms with E-state index in [1.165, 1.54) is 6.33 Å². The van der Waals surface area contributed by atoms with Crippen molar-refractivity contribution in [3.63, 3.8) is 0 Å². The number of rotatable bonds is 4. The number of benzene rings is 2. The fourth-order valence-electron chi connectivity index (χ4n) is 5.39. The molecular formula is C29H25N9O. The van der Waals surface area contributed by atoms with Crippen molar-refractivity contribution in [2.75, 3.05) is 5.73 Å². The van der Waals surface area contributed by atoms with Crippen LogP contribution in [0.3, 0.4) is 0 Å². The molecule has 7 rings (SSSR count). The van der Waals surface area contributed by atoms with Gasteiger partial charge in [-0.15, -0.1) is 0 Å². The lowest BCUT2D eigenvalue weighted by Gasteiger charge is -2.23. The highest BCUT2D eigenvalue weighted by atomic mass is 16.1. The van der Waals surface area contributed by atoms with Gasteiger partial charge in [-0.05, 0) is 42.1 Å². The molecule has 10 heteroatoms. The van der Waals surface area contributed by atoms with E-state index in [0.29, 0.717) is 40.3 Å². The van der Waals surface area contributed by atoms with Gasteiger partial charge >= 0.3 is 0 Å². The van der Waals surface area contributed by atoms with Crippen LogP contribution in [0.15, 0.2) is 96.1 Å². The van der Waals surface area contributed by atoms with E-state index >= 15 is 0 Å². The zero-order valence-electron chi connectivity index (χ0n) is 21.1. The summed E-state index contributed by atoms with van der Waals surface area (Å²) in [6, 6.07) is 17.6. The van der Waals surface area contributed by atoms with Crippen LogP contribution in [0.5, 0.6) is 0 Å². The molecule has 5 N–H and O–H groups in total. The minimum atomic E-state index is -0.0764. The lowest BCUT2D eigenvalue weighted by Crippen LogP contribution is -2.33. The van der Waals surface area contributed by atoms with Crippen LogP contribution in [0.4, 0.5) is 5.82 Å². The number of aryl methyl sites for hydroxylation is 1. The molecule has 5 heterocycles. The molecule has 39 heavy (non-hydrogen) atoms. The Morgan fingerprint density at radius 3 is 2.69 bits per heavy atom. The minimum Gasteiger partial charge on any atom is -0.384 e. The SMILES string of the molecule is Cc1cccc2cc(Cn3nc(C4=CN5C=C(N)NC5C=C4)c4c(N)ncnc43)n(-c3ccccc3)c(=O)c12. The quantitative estimate of drug-likeness (QED) is 0.333. The highest BCUT2D eigenvalue weighted by molar-refractivity contribution is 5.97. The molecule has 192 valence electrons. The second kappa shape index (κ2) is 8.59. The summed E-state index contributed by atoms with van der Waals surface area (Å²) in [6.07, 6.45) is 9.19. The van der Waals surface area contributed by atoms with Crippen LogP contribution >= 0.6 is 0 Å². The standard InChI is InChI=1S/C29H25N9O/c1-17-6-5-7-18-12-21(38(29(39)24(17)18)20-8-3-2-4-9-20)14-37-28-25(27(31)32-16-33-28)26(35-37)19-10-11-23-34-22(30)15-36(23)13-19/h2-13,15-16,23,34H,14,30H2,1H3,(H2,31,32,33). The first-order chi connectivity index (χ1) is 19.0. The predicted molar refractivity (Wildman–Crippen MR) is 151 cm³/mol. The number of hydrogen-bond donors (Lipinski definition) is 3. The molecule has 2 aliphatic rings.